The summed E-state index contributed by atoms with van der Waals surface area (Å²) in [4.78, 5) is 0. The van der Waals surface area contributed by atoms with Crippen molar-refractivity contribution < 1.29 is 22.7 Å². The van der Waals surface area contributed by atoms with Gasteiger partial charge >= 0.3 is 0 Å². The molecular formula is C10H10F4O. The van der Waals surface area contributed by atoms with Crippen LogP contribution in [0.5, 0.6) is 0 Å². The normalized spacial score (nSPS) is 11.7. The number of hydrogen-bond acceptors (Lipinski definition) is 1. The highest BCUT2D eigenvalue weighted by molar-refractivity contribution is 5.26. The lowest BCUT2D eigenvalue weighted by Gasteiger charge is -2.15. The fourth-order valence-corrected chi connectivity index (χ4v) is 1.25. The molecule has 0 aliphatic heterocycles. The van der Waals surface area contributed by atoms with Gasteiger partial charge in [0.2, 0.25) is 0 Å². The molecule has 15 heavy (non-hydrogen) atoms. The Morgan fingerprint density at radius 3 is 1.73 bits per heavy atom. The third kappa shape index (κ3) is 2.92. The first-order chi connectivity index (χ1) is 7.06. The van der Waals surface area contributed by atoms with Crippen LogP contribution in [0.2, 0.25) is 0 Å². The minimum atomic E-state index is -3.09. The molecule has 0 saturated heterocycles. The fourth-order valence-electron chi connectivity index (χ4n) is 1.25. The monoisotopic (exact) mass is 222 g/mol. The Hall–Kier alpha value is -1.10. The van der Waals surface area contributed by atoms with E-state index in [9.17, 15) is 17.6 Å². The number of hydrogen-bond donors (Lipinski definition) is 1. The van der Waals surface area contributed by atoms with Crippen molar-refractivity contribution >= 4 is 0 Å². The van der Waals surface area contributed by atoms with Gasteiger partial charge in [-0.2, -0.15) is 0 Å². The molecular weight excluding hydrogens is 212 g/mol. The van der Waals surface area contributed by atoms with Crippen molar-refractivity contribution in [2.75, 3.05) is 0 Å². The molecule has 0 atom stereocenters. The van der Waals surface area contributed by atoms with Crippen LogP contribution in [0.25, 0.3) is 0 Å². The van der Waals surface area contributed by atoms with Gasteiger partial charge in [-0.15, -0.1) is 0 Å². The summed E-state index contributed by atoms with van der Waals surface area (Å²) in [6.45, 7) is -0.242. The number of alkyl halides is 4. The van der Waals surface area contributed by atoms with E-state index in [1.807, 2.05) is 0 Å². The van der Waals surface area contributed by atoms with E-state index in [2.05, 4.69) is 0 Å². The molecule has 1 nitrogen and oxygen atoms in total. The summed E-state index contributed by atoms with van der Waals surface area (Å²) in [5, 5.41) is 8.69. The molecule has 0 saturated carbocycles. The quantitative estimate of drug-likeness (QED) is 0.776. The smallest absolute Gasteiger partial charge is 0.250 e. The summed E-state index contributed by atoms with van der Waals surface area (Å²) in [5.74, 6) is -2.06. The van der Waals surface area contributed by atoms with Gasteiger partial charge in [0.25, 0.3) is 12.9 Å². The molecule has 0 heterocycles. The fraction of sp³-hybridized carbons (Fsp3) is 0.400. The third-order valence-corrected chi connectivity index (χ3v) is 2.09. The number of aliphatic hydroxyl groups excluding tert-OH is 1. The summed E-state index contributed by atoms with van der Waals surface area (Å²) in [6.07, 6.45) is -6.19. The van der Waals surface area contributed by atoms with Crippen LogP contribution in [-0.4, -0.2) is 18.0 Å². The molecule has 1 aromatic carbocycles. The predicted molar refractivity (Wildman–Crippen MR) is 47.1 cm³/mol. The Morgan fingerprint density at radius 2 is 1.40 bits per heavy atom. The molecule has 0 unspecified atom stereocenters. The third-order valence-electron chi connectivity index (χ3n) is 2.09. The van der Waals surface area contributed by atoms with Crippen molar-refractivity contribution in [2.45, 2.75) is 25.4 Å². The molecule has 0 bridgehead atoms. The van der Waals surface area contributed by atoms with Crippen LogP contribution >= 0.6 is 0 Å². The predicted octanol–water partition coefficient (Wildman–Crippen LogP) is 2.79. The molecule has 0 amide bonds. The summed E-state index contributed by atoms with van der Waals surface area (Å²) in [5.41, 5.74) is 0.387. The first kappa shape index (κ1) is 12.0. The zero-order valence-corrected chi connectivity index (χ0v) is 7.71. The molecule has 0 spiro atoms. The molecule has 0 aliphatic carbocycles. The largest absolute Gasteiger partial charge is 0.392 e. The van der Waals surface area contributed by atoms with E-state index in [1.54, 1.807) is 0 Å². The summed E-state index contributed by atoms with van der Waals surface area (Å²) < 4.78 is 49.2. The zero-order chi connectivity index (χ0) is 11.4. The minimum absolute atomic E-state index is 0.114. The van der Waals surface area contributed by atoms with Gasteiger partial charge < -0.3 is 5.11 Å². The Labute approximate surface area is 84.3 Å². The van der Waals surface area contributed by atoms with Crippen molar-refractivity contribution in [3.8, 4) is 0 Å². The van der Waals surface area contributed by atoms with Crippen LogP contribution < -0.4 is 0 Å². The second-order valence-electron chi connectivity index (χ2n) is 3.09. The van der Waals surface area contributed by atoms with Gasteiger partial charge in [-0.05, 0) is 11.1 Å². The van der Waals surface area contributed by atoms with E-state index in [-0.39, 0.29) is 12.2 Å². The van der Waals surface area contributed by atoms with E-state index < -0.39 is 18.8 Å². The van der Waals surface area contributed by atoms with E-state index in [1.165, 1.54) is 24.3 Å². The second kappa shape index (κ2) is 5.11. The van der Waals surface area contributed by atoms with Gasteiger partial charge in [-0.1, -0.05) is 24.3 Å². The molecule has 0 fully saturated rings. The maximum Gasteiger partial charge on any atom is 0.250 e. The average molecular weight is 222 g/mol. The van der Waals surface area contributed by atoms with Crippen molar-refractivity contribution in [3.05, 3.63) is 35.4 Å². The molecule has 0 aliphatic rings. The van der Waals surface area contributed by atoms with Gasteiger partial charge in [0, 0.05) is 0 Å². The van der Waals surface area contributed by atoms with Crippen LogP contribution in [0.4, 0.5) is 17.6 Å². The lowest BCUT2D eigenvalue weighted by Crippen LogP contribution is -2.17. The highest BCUT2D eigenvalue weighted by atomic mass is 19.3. The maximum absolute atomic E-state index is 12.3. The summed E-state index contributed by atoms with van der Waals surface area (Å²) >= 11 is 0. The van der Waals surface area contributed by atoms with Crippen molar-refractivity contribution in [1.29, 1.82) is 0 Å². The SMILES string of the molecule is OCc1ccc(C(C(F)F)C(F)F)cc1. The van der Waals surface area contributed by atoms with Crippen molar-refractivity contribution in [3.63, 3.8) is 0 Å². The highest BCUT2D eigenvalue weighted by Gasteiger charge is 2.31. The van der Waals surface area contributed by atoms with Gasteiger partial charge in [0.1, 0.15) is 5.92 Å². The number of aliphatic hydroxyl groups is 1. The maximum atomic E-state index is 12.3. The second-order valence-corrected chi connectivity index (χ2v) is 3.09. The first-order valence-corrected chi connectivity index (χ1v) is 4.32. The first-order valence-electron chi connectivity index (χ1n) is 4.32. The van der Waals surface area contributed by atoms with Crippen molar-refractivity contribution in [2.24, 2.45) is 0 Å². The molecule has 84 valence electrons. The molecule has 0 radical (unpaired) electrons. The molecule has 0 aromatic heterocycles. The lowest BCUT2D eigenvalue weighted by atomic mass is 9.99. The molecule has 1 aromatic rings. The Bertz CT molecular complexity index is 289. The van der Waals surface area contributed by atoms with Gasteiger partial charge in [0.05, 0.1) is 6.61 Å². The van der Waals surface area contributed by atoms with E-state index in [0.717, 1.165) is 0 Å². The minimum Gasteiger partial charge on any atom is -0.392 e. The van der Waals surface area contributed by atoms with Crippen LogP contribution in [0.1, 0.15) is 17.0 Å². The van der Waals surface area contributed by atoms with Crippen LogP contribution in [0.3, 0.4) is 0 Å². The lowest BCUT2D eigenvalue weighted by molar-refractivity contribution is 0.0147. The molecule has 1 rings (SSSR count). The van der Waals surface area contributed by atoms with Gasteiger partial charge in [-0.3, -0.25) is 0 Å². The van der Waals surface area contributed by atoms with Crippen LogP contribution in [0, 0.1) is 0 Å². The summed E-state index contributed by atoms with van der Waals surface area (Å²) in [7, 11) is 0. The summed E-state index contributed by atoms with van der Waals surface area (Å²) in [6, 6.07) is 5.09. The van der Waals surface area contributed by atoms with E-state index >= 15 is 0 Å². The Morgan fingerprint density at radius 1 is 0.933 bits per heavy atom. The van der Waals surface area contributed by atoms with Crippen LogP contribution in [0.15, 0.2) is 24.3 Å². The average Bonchev–Trinajstić information content (AvgIpc) is 2.18. The number of benzene rings is 1. The standard InChI is InChI=1S/C10H10F4O/c11-9(12)8(10(13)14)7-3-1-6(5-15)2-4-7/h1-4,8-10,15H,5H2. The van der Waals surface area contributed by atoms with E-state index in [4.69, 9.17) is 5.11 Å². The van der Waals surface area contributed by atoms with Crippen molar-refractivity contribution in [1.82, 2.24) is 0 Å². The topological polar surface area (TPSA) is 20.2 Å². The van der Waals surface area contributed by atoms with Crippen LogP contribution in [-0.2, 0) is 6.61 Å². The van der Waals surface area contributed by atoms with E-state index in [0.29, 0.717) is 5.56 Å². The van der Waals surface area contributed by atoms with Gasteiger partial charge in [-0.25, -0.2) is 17.6 Å². The number of rotatable bonds is 4. The van der Waals surface area contributed by atoms with Gasteiger partial charge in [0.15, 0.2) is 0 Å². The number of halogens is 4. The zero-order valence-electron chi connectivity index (χ0n) is 7.71. The Balaban J connectivity index is 2.92. The molecule has 1 N–H and O–H groups in total. The Kier molecular flexibility index (Phi) is 4.08. The highest BCUT2D eigenvalue weighted by Crippen LogP contribution is 2.29. The molecule has 5 heteroatoms.